The van der Waals surface area contributed by atoms with Crippen LogP contribution in [0.15, 0.2) is 48.5 Å². The molecule has 1 aliphatic heterocycles. The molecule has 1 aliphatic carbocycles. The van der Waals surface area contributed by atoms with E-state index in [0.717, 1.165) is 35.1 Å². The third-order valence-corrected chi connectivity index (χ3v) is 6.37. The molecule has 2 aromatic rings. The van der Waals surface area contributed by atoms with Crippen molar-refractivity contribution in [1.29, 1.82) is 0 Å². The summed E-state index contributed by atoms with van der Waals surface area (Å²) in [5.41, 5.74) is 4.54. The Morgan fingerprint density at radius 2 is 1.69 bits per heavy atom. The molecular weight excluding hydrogens is 408 g/mol. The van der Waals surface area contributed by atoms with Crippen LogP contribution in [0.1, 0.15) is 49.7 Å². The van der Waals surface area contributed by atoms with Crippen LogP contribution in [0.25, 0.3) is 11.1 Å². The van der Waals surface area contributed by atoms with Crippen LogP contribution >= 0.6 is 0 Å². The molecule has 2 amide bonds. The lowest BCUT2D eigenvalue weighted by Crippen LogP contribution is -2.52. The van der Waals surface area contributed by atoms with Gasteiger partial charge < -0.3 is 20.1 Å². The molecule has 1 saturated heterocycles. The van der Waals surface area contributed by atoms with Gasteiger partial charge >= 0.3 is 12.1 Å². The predicted octanol–water partition coefficient (Wildman–Crippen LogP) is 3.77. The Morgan fingerprint density at radius 1 is 1.06 bits per heavy atom. The van der Waals surface area contributed by atoms with Crippen LogP contribution in [0.5, 0.6) is 0 Å². The number of alkyl carbamates (subject to hydrolysis) is 1. The van der Waals surface area contributed by atoms with Gasteiger partial charge in [-0.05, 0) is 48.4 Å². The number of amides is 2. The maximum atomic E-state index is 12.9. The lowest BCUT2D eigenvalue weighted by molar-refractivity contribution is -0.142. The lowest BCUT2D eigenvalue weighted by Gasteiger charge is -2.36. The standard InChI is InChI=1S/C25H28N2O5/c1-16(24(30)27-13-7-6-8-17(27)14-23(28)29)26-25(31)32-15-22-20-11-4-2-9-18(20)19-10-3-5-12-21(19)22/h2-5,9-12,16-17,22H,6-8,13-15H2,1H3,(H,26,31)(H,28,29)/t16-,17?/m0/s1. The van der Waals surface area contributed by atoms with Gasteiger partial charge in [0, 0.05) is 18.5 Å². The minimum absolute atomic E-state index is 0.0544. The average molecular weight is 437 g/mol. The number of rotatable bonds is 6. The van der Waals surface area contributed by atoms with Gasteiger partial charge in [-0.25, -0.2) is 4.79 Å². The molecule has 2 aliphatic rings. The molecule has 0 saturated carbocycles. The van der Waals surface area contributed by atoms with E-state index < -0.39 is 18.1 Å². The Bertz CT molecular complexity index is 975. The highest BCUT2D eigenvalue weighted by molar-refractivity contribution is 5.86. The quantitative estimate of drug-likeness (QED) is 0.719. The Kier molecular flexibility index (Phi) is 6.44. The van der Waals surface area contributed by atoms with E-state index in [9.17, 15) is 14.4 Å². The van der Waals surface area contributed by atoms with Crippen LogP contribution in [0.3, 0.4) is 0 Å². The predicted molar refractivity (Wildman–Crippen MR) is 119 cm³/mol. The molecule has 7 heteroatoms. The van der Waals surface area contributed by atoms with Gasteiger partial charge in [0.15, 0.2) is 0 Å². The number of benzene rings is 2. The van der Waals surface area contributed by atoms with Gasteiger partial charge in [0.1, 0.15) is 12.6 Å². The van der Waals surface area contributed by atoms with Crippen molar-refractivity contribution in [3.8, 4) is 11.1 Å². The molecule has 0 spiro atoms. The van der Waals surface area contributed by atoms with E-state index in [0.29, 0.717) is 13.0 Å². The molecule has 32 heavy (non-hydrogen) atoms. The zero-order valence-corrected chi connectivity index (χ0v) is 18.1. The van der Waals surface area contributed by atoms with Crippen LogP contribution in [-0.2, 0) is 14.3 Å². The fraction of sp³-hybridized carbons (Fsp3) is 0.400. The number of nitrogens with one attached hydrogen (secondary N) is 1. The van der Waals surface area contributed by atoms with Gasteiger partial charge in [0.05, 0.1) is 6.42 Å². The molecule has 2 aromatic carbocycles. The summed E-state index contributed by atoms with van der Waals surface area (Å²) in [6, 6.07) is 15.1. The molecule has 2 atom stereocenters. The van der Waals surface area contributed by atoms with Crippen molar-refractivity contribution in [2.45, 2.75) is 50.6 Å². The Morgan fingerprint density at radius 3 is 2.31 bits per heavy atom. The first-order valence-corrected chi connectivity index (χ1v) is 11.1. The summed E-state index contributed by atoms with van der Waals surface area (Å²) in [7, 11) is 0. The fourth-order valence-corrected chi connectivity index (χ4v) is 4.83. The molecule has 168 valence electrons. The highest BCUT2D eigenvalue weighted by Crippen LogP contribution is 2.44. The highest BCUT2D eigenvalue weighted by atomic mass is 16.5. The first-order chi connectivity index (χ1) is 15.5. The largest absolute Gasteiger partial charge is 0.481 e. The SMILES string of the molecule is C[C@H](NC(=O)OCC1c2ccccc2-c2ccccc21)C(=O)N1CCCCC1CC(=O)O. The normalized spacial score (nSPS) is 18.4. The number of carbonyl (C=O) groups excluding carboxylic acids is 2. The van der Waals surface area contributed by atoms with E-state index in [-0.39, 0.29) is 30.9 Å². The summed E-state index contributed by atoms with van der Waals surface area (Å²) >= 11 is 0. The average Bonchev–Trinajstić information content (AvgIpc) is 3.11. The number of fused-ring (bicyclic) bond motifs is 3. The number of aliphatic carboxylic acids is 1. The Balaban J connectivity index is 1.37. The molecule has 1 fully saturated rings. The van der Waals surface area contributed by atoms with Crippen LogP contribution in [0, 0.1) is 0 Å². The number of piperidine rings is 1. The minimum Gasteiger partial charge on any atom is -0.481 e. The van der Waals surface area contributed by atoms with Gasteiger partial charge in [-0.15, -0.1) is 0 Å². The van der Waals surface area contributed by atoms with Crippen molar-refractivity contribution in [2.24, 2.45) is 0 Å². The maximum absolute atomic E-state index is 12.9. The smallest absolute Gasteiger partial charge is 0.407 e. The second kappa shape index (κ2) is 9.42. The van der Waals surface area contributed by atoms with Gasteiger partial charge in [0.25, 0.3) is 0 Å². The number of carbonyl (C=O) groups is 3. The number of ether oxygens (including phenoxy) is 1. The van der Waals surface area contributed by atoms with E-state index >= 15 is 0 Å². The van der Waals surface area contributed by atoms with Crippen molar-refractivity contribution in [2.75, 3.05) is 13.2 Å². The number of carboxylic acids is 1. The van der Waals surface area contributed by atoms with Gasteiger partial charge in [0.2, 0.25) is 5.91 Å². The zero-order valence-electron chi connectivity index (χ0n) is 18.1. The van der Waals surface area contributed by atoms with Gasteiger partial charge in [-0.3, -0.25) is 9.59 Å². The summed E-state index contributed by atoms with van der Waals surface area (Å²) in [5.74, 6) is -1.25. The van der Waals surface area contributed by atoms with E-state index in [1.165, 1.54) is 0 Å². The molecule has 0 radical (unpaired) electrons. The lowest BCUT2D eigenvalue weighted by atomic mass is 9.98. The third-order valence-electron chi connectivity index (χ3n) is 6.37. The number of hydrogen-bond acceptors (Lipinski definition) is 4. The molecule has 0 bridgehead atoms. The van der Waals surface area contributed by atoms with Crippen molar-refractivity contribution >= 4 is 18.0 Å². The molecule has 1 heterocycles. The first-order valence-electron chi connectivity index (χ1n) is 11.1. The third kappa shape index (κ3) is 4.47. The second-order valence-corrected chi connectivity index (χ2v) is 8.47. The summed E-state index contributed by atoms with van der Waals surface area (Å²) in [6.45, 7) is 2.29. The molecule has 0 aromatic heterocycles. The van der Waals surface area contributed by atoms with Crippen LogP contribution in [0.4, 0.5) is 4.79 Å². The monoisotopic (exact) mass is 436 g/mol. The van der Waals surface area contributed by atoms with Gasteiger partial charge in [-0.1, -0.05) is 48.5 Å². The molecule has 7 nitrogen and oxygen atoms in total. The van der Waals surface area contributed by atoms with E-state index in [2.05, 4.69) is 17.4 Å². The summed E-state index contributed by atoms with van der Waals surface area (Å²) in [4.78, 5) is 38.1. The number of hydrogen-bond donors (Lipinski definition) is 2. The number of nitrogens with zero attached hydrogens (tertiary/aromatic N) is 1. The van der Waals surface area contributed by atoms with Crippen LogP contribution in [0.2, 0.25) is 0 Å². The summed E-state index contributed by atoms with van der Waals surface area (Å²) in [5, 5.41) is 11.8. The minimum atomic E-state index is -0.924. The van der Waals surface area contributed by atoms with Crippen molar-refractivity contribution in [3.05, 3.63) is 59.7 Å². The summed E-state index contributed by atoms with van der Waals surface area (Å²) < 4.78 is 5.52. The van der Waals surface area contributed by atoms with Crippen molar-refractivity contribution in [1.82, 2.24) is 10.2 Å². The van der Waals surface area contributed by atoms with E-state index in [4.69, 9.17) is 9.84 Å². The topological polar surface area (TPSA) is 95.9 Å². The Labute approximate surface area is 187 Å². The molecule has 4 rings (SSSR count). The molecule has 1 unspecified atom stereocenters. The van der Waals surface area contributed by atoms with E-state index in [1.807, 2.05) is 36.4 Å². The number of carboxylic acid groups (broad SMARTS) is 1. The fourth-order valence-electron chi connectivity index (χ4n) is 4.83. The maximum Gasteiger partial charge on any atom is 0.407 e. The molecule has 2 N–H and O–H groups in total. The first kappa shape index (κ1) is 21.9. The van der Waals surface area contributed by atoms with E-state index in [1.54, 1.807) is 11.8 Å². The zero-order chi connectivity index (χ0) is 22.7. The van der Waals surface area contributed by atoms with Crippen LogP contribution in [-0.4, -0.2) is 53.2 Å². The van der Waals surface area contributed by atoms with Gasteiger partial charge in [-0.2, -0.15) is 0 Å². The molecular formula is C25H28N2O5. The number of likely N-dealkylation sites (tertiary alicyclic amines) is 1. The van der Waals surface area contributed by atoms with Crippen molar-refractivity contribution in [3.63, 3.8) is 0 Å². The van der Waals surface area contributed by atoms with Crippen LogP contribution < -0.4 is 5.32 Å². The van der Waals surface area contributed by atoms with Crippen molar-refractivity contribution < 1.29 is 24.2 Å². The highest BCUT2D eigenvalue weighted by Gasteiger charge is 2.33. The second-order valence-electron chi connectivity index (χ2n) is 8.47. The Hall–Kier alpha value is -3.35. The summed E-state index contributed by atoms with van der Waals surface area (Å²) in [6.07, 6.45) is 1.66.